The standard InChI is InChI=1S/C24H38ClN3O/c1-23(2,26)16-27-13-5-8-18-9-10-21(25)20(14-18)22(29)28-17-24-11-3-6-19(15-24)7-4-12-24/h9-10,14,19,27H,3-8,11-13,15-17,26H2,1-2H3,(H,28,29). The van der Waals surface area contributed by atoms with E-state index in [4.69, 9.17) is 17.3 Å². The Morgan fingerprint density at radius 1 is 1.28 bits per heavy atom. The second kappa shape index (κ2) is 9.80. The number of aryl methyl sites for hydroxylation is 1. The molecule has 2 aliphatic carbocycles. The molecule has 0 spiro atoms. The molecule has 2 aliphatic rings. The van der Waals surface area contributed by atoms with E-state index in [9.17, 15) is 4.79 Å². The molecule has 1 aromatic rings. The molecule has 5 heteroatoms. The van der Waals surface area contributed by atoms with Gasteiger partial charge in [-0.05, 0) is 81.5 Å². The summed E-state index contributed by atoms with van der Waals surface area (Å²) >= 11 is 6.36. The summed E-state index contributed by atoms with van der Waals surface area (Å²) in [4.78, 5) is 12.9. The van der Waals surface area contributed by atoms with Crippen molar-refractivity contribution >= 4 is 17.5 Å². The first-order chi connectivity index (χ1) is 13.8. The maximum Gasteiger partial charge on any atom is 0.252 e. The second-order valence-corrected chi connectivity index (χ2v) is 10.5. The lowest BCUT2D eigenvalue weighted by atomic mass is 9.62. The van der Waals surface area contributed by atoms with Crippen LogP contribution in [0.5, 0.6) is 0 Å². The summed E-state index contributed by atoms with van der Waals surface area (Å²) in [5.74, 6) is 0.849. The predicted octanol–water partition coefficient (Wildman–Crippen LogP) is 4.69. The Morgan fingerprint density at radius 3 is 2.69 bits per heavy atom. The van der Waals surface area contributed by atoms with Gasteiger partial charge in [-0.25, -0.2) is 0 Å². The van der Waals surface area contributed by atoms with Crippen LogP contribution in [0.3, 0.4) is 0 Å². The molecule has 0 heterocycles. The highest BCUT2D eigenvalue weighted by Crippen LogP contribution is 2.48. The van der Waals surface area contributed by atoms with Crippen LogP contribution >= 0.6 is 11.6 Å². The van der Waals surface area contributed by atoms with Crippen molar-refractivity contribution in [2.24, 2.45) is 17.1 Å². The van der Waals surface area contributed by atoms with Gasteiger partial charge in [-0.15, -0.1) is 0 Å². The van der Waals surface area contributed by atoms with Gasteiger partial charge in [0.15, 0.2) is 0 Å². The molecule has 0 unspecified atom stereocenters. The lowest BCUT2D eigenvalue weighted by molar-refractivity contribution is 0.0682. The first kappa shape index (κ1) is 22.6. The van der Waals surface area contributed by atoms with Gasteiger partial charge in [-0.1, -0.05) is 43.4 Å². The maximum atomic E-state index is 12.9. The number of carbonyl (C=O) groups is 1. The third-order valence-electron chi connectivity index (χ3n) is 6.66. The molecule has 29 heavy (non-hydrogen) atoms. The van der Waals surface area contributed by atoms with E-state index in [1.54, 1.807) is 0 Å². The predicted molar refractivity (Wildman–Crippen MR) is 121 cm³/mol. The van der Waals surface area contributed by atoms with Crippen LogP contribution in [-0.2, 0) is 6.42 Å². The summed E-state index contributed by atoms with van der Waals surface area (Å²) in [7, 11) is 0. The number of halogens is 1. The van der Waals surface area contributed by atoms with Crippen LogP contribution in [0.15, 0.2) is 18.2 Å². The lowest BCUT2D eigenvalue weighted by Crippen LogP contribution is -2.43. The Kier molecular flexibility index (Phi) is 7.63. The minimum Gasteiger partial charge on any atom is -0.351 e. The van der Waals surface area contributed by atoms with Crippen LogP contribution in [0.25, 0.3) is 0 Å². The van der Waals surface area contributed by atoms with Crippen molar-refractivity contribution in [1.82, 2.24) is 10.6 Å². The average Bonchev–Trinajstić information content (AvgIpc) is 2.66. The average molecular weight is 420 g/mol. The summed E-state index contributed by atoms with van der Waals surface area (Å²) < 4.78 is 0. The minimum absolute atomic E-state index is 0.0260. The highest BCUT2D eigenvalue weighted by molar-refractivity contribution is 6.33. The van der Waals surface area contributed by atoms with Crippen LogP contribution < -0.4 is 16.4 Å². The van der Waals surface area contributed by atoms with Crippen molar-refractivity contribution in [2.45, 2.75) is 77.2 Å². The first-order valence-electron chi connectivity index (χ1n) is 11.3. The van der Waals surface area contributed by atoms with Crippen molar-refractivity contribution in [1.29, 1.82) is 0 Å². The van der Waals surface area contributed by atoms with Gasteiger partial charge in [0.25, 0.3) is 5.91 Å². The Hall–Kier alpha value is -1.10. The molecule has 1 amide bonds. The van der Waals surface area contributed by atoms with E-state index in [-0.39, 0.29) is 11.4 Å². The van der Waals surface area contributed by atoms with Crippen molar-refractivity contribution in [3.8, 4) is 0 Å². The maximum absolute atomic E-state index is 12.9. The molecule has 2 bridgehead atoms. The molecule has 0 radical (unpaired) electrons. The largest absolute Gasteiger partial charge is 0.351 e. The molecular formula is C24H38ClN3O. The lowest BCUT2D eigenvalue weighted by Gasteiger charge is -2.45. The zero-order valence-corrected chi connectivity index (χ0v) is 18.9. The number of amides is 1. The summed E-state index contributed by atoms with van der Waals surface area (Å²) in [6.45, 7) is 6.54. The SMILES string of the molecule is CC(C)(N)CNCCCc1ccc(Cl)c(C(=O)NCC23CCCC(CCC2)C3)c1. The first-order valence-corrected chi connectivity index (χ1v) is 11.7. The van der Waals surface area contributed by atoms with Gasteiger partial charge in [0.05, 0.1) is 10.6 Å². The monoisotopic (exact) mass is 419 g/mol. The van der Waals surface area contributed by atoms with Gasteiger partial charge in [-0.2, -0.15) is 0 Å². The molecule has 2 saturated carbocycles. The quantitative estimate of drug-likeness (QED) is 0.508. The number of nitrogens with two attached hydrogens (primary N) is 1. The van der Waals surface area contributed by atoms with E-state index in [1.807, 2.05) is 32.0 Å². The molecule has 4 N–H and O–H groups in total. The summed E-state index contributed by atoms with van der Waals surface area (Å²) in [6.07, 6.45) is 11.1. The Balaban J connectivity index is 1.51. The highest BCUT2D eigenvalue weighted by atomic mass is 35.5. The smallest absolute Gasteiger partial charge is 0.252 e. The highest BCUT2D eigenvalue weighted by Gasteiger charge is 2.39. The molecule has 0 saturated heterocycles. The summed E-state index contributed by atoms with van der Waals surface area (Å²) in [5, 5.41) is 7.16. The fourth-order valence-corrected chi connectivity index (χ4v) is 5.37. The molecule has 0 aromatic heterocycles. The van der Waals surface area contributed by atoms with Gasteiger partial charge in [0.2, 0.25) is 0 Å². The van der Waals surface area contributed by atoms with E-state index in [0.717, 1.165) is 44.0 Å². The number of hydrogen-bond acceptors (Lipinski definition) is 3. The fraction of sp³-hybridized carbons (Fsp3) is 0.708. The number of benzene rings is 1. The Morgan fingerprint density at radius 2 is 2.00 bits per heavy atom. The Labute approximate surface area is 181 Å². The van der Waals surface area contributed by atoms with E-state index >= 15 is 0 Å². The van der Waals surface area contributed by atoms with Crippen molar-refractivity contribution in [2.75, 3.05) is 19.6 Å². The van der Waals surface area contributed by atoms with Crippen molar-refractivity contribution in [3.63, 3.8) is 0 Å². The molecular weight excluding hydrogens is 382 g/mol. The second-order valence-electron chi connectivity index (χ2n) is 10.1. The van der Waals surface area contributed by atoms with Crippen LogP contribution in [0, 0.1) is 11.3 Å². The van der Waals surface area contributed by atoms with Gasteiger partial charge >= 0.3 is 0 Å². The van der Waals surface area contributed by atoms with Crippen molar-refractivity contribution in [3.05, 3.63) is 34.3 Å². The van der Waals surface area contributed by atoms with Gasteiger partial charge in [0.1, 0.15) is 0 Å². The molecule has 1 aromatic carbocycles. The number of hydrogen-bond donors (Lipinski definition) is 3. The minimum atomic E-state index is -0.193. The number of fused-ring (bicyclic) bond motifs is 2. The van der Waals surface area contributed by atoms with Crippen molar-refractivity contribution < 1.29 is 4.79 Å². The van der Waals surface area contributed by atoms with Crippen LogP contribution in [0.4, 0.5) is 0 Å². The van der Waals surface area contributed by atoms with Gasteiger partial charge in [0, 0.05) is 18.6 Å². The van der Waals surface area contributed by atoms with Crippen LogP contribution in [-0.4, -0.2) is 31.1 Å². The molecule has 162 valence electrons. The van der Waals surface area contributed by atoms with Gasteiger partial charge in [-0.3, -0.25) is 4.79 Å². The topological polar surface area (TPSA) is 67.1 Å². The summed E-state index contributed by atoms with van der Waals surface area (Å²) in [6, 6.07) is 5.85. The molecule has 3 rings (SSSR count). The summed E-state index contributed by atoms with van der Waals surface area (Å²) in [5.41, 5.74) is 7.89. The van der Waals surface area contributed by atoms with Crippen LogP contribution in [0.2, 0.25) is 5.02 Å². The molecule has 0 aliphatic heterocycles. The zero-order valence-electron chi connectivity index (χ0n) is 18.2. The Bertz CT molecular complexity index is 688. The van der Waals surface area contributed by atoms with Crippen LogP contribution in [0.1, 0.15) is 81.1 Å². The van der Waals surface area contributed by atoms with E-state index in [1.165, 1.54) is 44.9 Å². The number of rotatable bonds is 9. The fourth-order valence-electron chi connectivity index (χ4n) is 5.16. The van der Waals surface area contributed by atoms with E-state index in [0.29, 0.717) is 16.0 Å². The third kappa shape index (κ3) is 6.70. The zero-order chi connectivity index (χ0) is 20.9. The molecule has 2 fully saturated rings. The number of nitrogens with one attached hydrogen (secondary N) is 2. The molecule has 0 atom stereocenters. The van der Waals surface area contributed by atoms with E-state index in [2.05, 4.69) is 10.6 Å². The third-order valence-corrected chi connectivity index (χ3v) is 6.99. The number of carbonyl (C=O) groups excluding carboxylic acids is 1. The van der Waals surface area contributed by atoms with Gasteiger partial charge < -0.3 is 16.4 Å². The van der Waals surface area contributed by atoms with E-state index < -0.39 is 0 Å². The normalized spacial score (nSPS) is 24.3. The molecule has 4 nitrogen and oxygen atoms in total.